The Morgan fingerprint density at radius 3 is 0.941 bits per heavy atom. The van der Waals surface area contributed by atoms with E-state index in [9.17, 15) is 19.2 Å². The van der Waals surface area contributed by atoms with Gasteiger partial charge in [0.05, 0.1) is 23.8 Å². The summed E-state index contributed by atoms with van der Waals surface area (Å²) in [5.41, 5.74) is -0.305. The van der Waals surface area contributed by atoms with E-state index in [2.05, 4.69) is 13.8 Å². The average molecular weight is 709 g/mol. The van der Waals surface area contributed by atoms with Gasteiger partial charge in [-0.1, -0.05) is 181 Å². The Balaban J connectivity index is 1.75. The third-order valence-electron chi connectivity index (χ3n) is 10.2. The minimum absolute atomic E-state index is 0.00459. The molecule has 0 radical (unpaired) electrons. The third-order valence-corrected chi connectivity index (χ3v) is 10.2. The molecule has 0 aromatic carbocycles. The van der Waals surface area contributed by atoms with Gasteiger partial charge in [-0.2, -0.15) is 0 Å². The SMILES string of the molecule is CCCCCCCCCCCCCCCCn1cc(Oc2cn(CCCCCCCCCCCCCCCC)c(C=O)cc2=O)c(=O)cc1C=O. The lowest BCUT2D eigenvalue weighted by molar-refractivity contribution is 0.110. The normalized spacial score (nSPS) is 11.3. The van der Waals surface area contributed by atoms with Crippen LogP contribution in [0.15, 0.2) is 34.1 Å². The minimum Gasteiger partial charge on any atom is -0.446 e. The van der Waals surface area contributed by atoms with Crippen LogP contribution in [0.4, 0.5) is 0 Å². The molecule has 7 nitrogen and oxygen atoms in total. The fourth-order valence-corrected chi connectivity index (χ4v) is 6.95. The molecular formula is C44H72N2O5. The lowest BCUT2D eigenvalue weighted by atomic mass is 10.0. The Kier molecular flexibility index (Phi) is 25.7. The van der Waals surface area contributed by atoms with E-state index < -0.39 is 10.9 Å². The molecule has 0 spiro atoms. The van der Waals surface area contributed by atoms with Crippen molar-refractivity contribution in [2.45, 2.75) is 207 Å². The van der Waals surface area contributed by atoms with Crippen molar-refractivity contribution in [2.75, 3.05) is 0 Å². The first-order chi connectivity index (χ1) is 25.0. The molecule has 2 aromatic rings. The maximum Gasteiger partial charge on any atom is 0.224 e. The van der Waals surface area contributed by atoms with E-state index in [-0.39, 0.29) is 11.5 Å². The lowest BCUT2D eigenvalue weighted by Crippen LogP contribution is -2.18. The van der Waals surface area contributed by atoms with Crippen molar-refractivity contribution in [1.82, 2.24) is 9.13 Å². The summed E-state index contributed by atoms with van der Waals surface area (Å²) in [7, 11) is 0. The van der Waals surface area contributed by atoms with E-state index in [0.29, 0.717) is 37.0 Å². The monoisotopic (exact) mass is 709 g/mol. The average Bonchev–Trinajstić information content (AvgIpc) is 3.13. The van der Waals surface area contributed by atoms with Crippen LogP contribution in [0.3, 0.4) is 0 Å². The molecule has 0 amide bonds. The third kappa shape index (κ3) is 20.0. The number of hydrogen-bond acceptors (Lipinski definition) is 5. The zero-order valence-electron chi connectivity index (χ0n) is 32.6. The number of carbonyl (C=O) groups excluding carboxylic acids is 2. The number of unbranched alkanes of at least 4 members (excludes halogenated alkanes) is 26. The second kappa shape index (κ2) is 29.6. The largest absolute Gasteiger partial charge is 0.446 e. The van der Waals surface area contributed by atoms with Gasteiger partial charge >= 0.3 is 0 Å². The molecule has 0 aliphatic carbocycles. The molecule has 0 bridgehead atoms. The molecule has 0 aliphatic heterocycles. The Hall–Kier alpha value is -2.96. The number of pyridine rings is 2. The van der Waals surface area contributed by atoms with Crippen LogP contribution in [0.5, 0.6) is 11.5 Å². The summed E-state index contributed by atoms with van der Waals surface area (Å²) in [6.07, 6.45) is 40.0. The first-order valence-corrected chi connectivity index (χ1v) is 21.1. The van der Waals surface area contributed by atoms with Crippen LogP contribution in [-0.4, -0.2) is 21.7 Å². The molecule has 288 valence electrons. The number of aryl methyl sites for hydroxylation is 2. The molecular weight excluding hydrogens is 636 g/mol. The van der Waals surface area contributed by atoms with Crippen LogP contribution in [0.1, 0.15) is 215 Å². The predicted molar refractivity (Wildman–Crippen MR) is 213 cm³/mol. The van der Waals surface area contributed by atoms with Gasteiger partial charge in [-0.15, -0.1) is 0 Å². The molecule has 0 aliphatic rings. The molecule has 2 heterocycles. The predicted octanol–water partition coefficient (Wildman–Crippen LogP) is 12.4. The van der Waals surface area contributed by atoms with Crippen molar-refractivity contribution < 1.29 is 14.3 Å². The number of aromatic nitrogens is 2. The van der Waals surface area contributed by atoms with Gasteiger partial charge in [0, 0.05) is 25.2 Å². The van der Waals surface area contributed by atoms with Crippen molar-refractivity contribution >= 4 is 12.6 Å². The number of rotatable bonds is 34. The van der Waals surface area contributed by atoms with Crippen LogP contribution >= 0.6 is 0 Å². The van der Waals surface area contributed by atoms with E-state index in [4.69, 9.17) is 4.74 Å². The van der Waals surface area contributed by atoms with E-state index in [1.807, 2.05) is 0 Å². The van der Waals surface area contributed by atoms with Gasteiger partial charge in [0.2, 0.25) is 10.9 Å². The Morgan fingerprint density at radius 1 is 0.431 bits per heavy atom. The highest BCUT2D eigenvalue weighted by molar-refractivity contribution is 5.73. The molecule has 7 heteroatoms. The Bertz CT molecular complexity index is 1210. The second-order valence-corrected chi connectivity index (χ2v) is 14.8. The highest BCUT2D eigenvalue weighted by atomic mass is 16.5. The maximum absolute atomic E-state index is 12.8. The Morgan fingerprint density at radius 2 is 0.686 bits per heavy atom. The van der Waals surface area contributed by atoms with Crippen LogP contribution in [0, 0.1) is 0 Å². The lowest BCUT2D eigenvalue weighted by Gasteiger charge is -2.14. The van der Waals surface area contributed by atoms with E-state index in [1.165, 1.54) is 153 Å². The number of aldehydes is 2. The topological polar surface area (TPSA) is 87.4 Å². The number of nitrogens with zero attached hydrogens (tertiary/aromatic N) is 2. The molecule has 0 N–H and O–H groups in total. The smallest absolute Gasteiger partial charge is 0.224 e. The number of ether oxygens (including phenoxy) is 1. The van der Waals surface area contributed by atoms with Crippen molar-refractivity contribution in [2.24, 2.45) is 0 Å². The van der Waals surface area contributed by atoms with Gasteiger partial charge in [0.1, 0.15) is 0 Å². The molecule has 2 rings (SSSR count). The van der Waals surface area contributed by atoms with Gasteiger partial charge in [-0.3, -0.25) is 19.2 Å². The molecule has 0 saturated heterocycles. The molecule has 0 fully saturated rings. The first kappa shape index (κ1) is 44.2. The molecule has 2 aromatic heterocycles. The Labute approximate surface area is 310 Å². The number of carbonyl (C=O) groups is 2. The molecule has 0 unspecified atom stereocenters. The van der Waals surface area contributed by atoms with E-state index >= 15 is 0 Å². The van der Waals surface area contributed by atoms with Gasteiger partial charge in [-0.05, 0) is 12.8 Å². The van der Waals surface area contributed by atoms with Gasteiger partial charge in [0.15, 0.2) is 24.1 Å². The summed E-state index contributed by atoms with van der Waals surface area (Å²) in [6, 6.07) is 2.55. The van der Waals surface area contributed by atoms with Crippen molar-refractivity contribution in [3.05, 3.63) is 56.4 Å². The van der Waals surface area contributed by atoms with Crippen LogP contribution in [-0.2, 0) is 13.1 Å². The summed E-state index contributed by atoms with van der Waals surface area (Å²) in [5, 5.41) is 0. The minimum atomic E-state index is -0.452. The summed E-state index contributed by atoms with van der Waals surface area (Å²) >= 11 is 0. The summed E-state index contributed by atoms with van der Waals surface area (Å²) in [4.78, 5) is 49.2. The van der Waals surface area contributed by atoms with Gasteiger partial charge < -0.3 is 13.9 Å². The van der Waals surface area contributed by atoms with Gasteiger partial charge in [0.25, 0.3) is 0 Å². The molecule has 0 atom stereocenters. The maximum atomic E-state index is 12.8. The quantitative estimate of drug-likeness (QED) is 0.0533. The van der Waals surface area contributed by atoms with E-state index in [0.717, 1.165) is 38.5 Å². The van der Waals surface area contributed by atoms with Crippen molar-refractivity contribution in [3.8, 4) is 11.5 Å². The zero-order chi connectivity index (χ0) is 36.8. The fourth-order valence-electron chi connectivity index (χ4n) is 6.95. The summed E-state index contributed by atoms with van der Waals surface area (Å²) in [6.45, 7) is 5.71. The standard InChI is InChI=1S/C44H72N2O5/c1-3-5-7-9-11-13-15-17-19-21-23-25-27-29-31-45-35-43(41(49)33-39(45)37-47)51-44-36-46(40(38-48)34-42(44)50)32-30-28-26-24-22-20-18-16-14-12-10-8-6-4-2/h33-38H,3-32H2,1-2H3. The summed E-state index contributed by atoms with van der Waals surface area (Å²) < 4.78 is 9.36. The number of hydrogen-bond donors (Lipinski definition) is 0. The van der Waals surface area contributed by atoms with Crippen LogP contribution in [0.2, 0.25) is 0 Å². The fraction of sp³-hybridized carbons (Fsp3) is 0.727. The summed E-state index contributed by atoms with van der Waals surface area (Å²) in [5.74, 6) is 0.00918. The highest BCUT2D eigenvalue weighted by Crippen LogP contribution is 2.19. The van der Waals surface area contributed by atoms with Crippen LogP contribution < -0.4 is 15.6 Å². The van der Waals surface area contributed by atoms with Crippen LogP contribution in [0.25, 0.3) is 0 Å². The van der Waals surface area contributed by atoms with Gasteiger partial charge in [-0.25, -0.2) is 0 Å². The van der Waals surface area contributed by atoms with Crippen molar-refractivity contribution in [3.63, 3.8) is 0 Å². The zero-order valence-corrected chi connectivity index (χ0v) is 32.6. The highest BCUT2D eigenvalue weighted by Gasteiger charge is 2.13. The second-order valence-electron chi connectivity index (χ2n) is 14.8. The molecule has 0 saturated carbocycles. The van der Waals surface area contributed by atoms with Crippen molar-refractivity contribution in [1.29, 1.82) is 0 Å². The first-order valence-electron chi connectivity index (χ1n) is 21.1. The van der Waals surface area contributed by atoms with E-state index in [1.54, 1.807) is 21.5 Å². The molecule has 51 heavy (non-hydrogen) atoms.